The Morgan fingerprint density at radius 1 is 0.963 bits per heavy atom. The summed E-state index contributed by atoms with van der Waals surface area (Å²) in [6.45, 7) is 1.54. The van der Waals surface area contributed by atoms with Crippen molar-refractivity contribution in [2.24, 2.45) is 0 Å². The summed E-state index contributed by atoms with van der Waals surface area (Å²) >= 11 is 6.88. The molecule has 0 saturated heterocycles. The second-order valence-corrected chi connectivity index (χ2v) is 7.05. The highest BCUT2D eigenvalue weighted by Gasteiger charge is 2.10. The zero-order valence-electron chi connectivity index (χ0n) is 14.7. The Bertz CT molecular complexity index is 812. The standard InChI is InChI=1S/C19H19ClN2O4S/c1-13-3-2-4-16(9-13)22-17(23)10-26-19(25)12-27-11-18(24)21-15-7-5-14(20)6-8-15/h2-9H,10-12H2,1H3,(H,21,24)(H,22,23). The first-order valence-electron chi connectivity index (χ1n) is 8.07. The minimum atomic E-state index is -0.557. The fourth-order valence-electron chi connectivity index (χ4n) is 2.06. The third-order valence-corrected chi connectivity index (χ3v) is 4.41. The molecule has 2 N–H and O–H groups in total. The number of hydrogen-bond acceptors (Lipinski definition) is 5. The number of esters is 1. The van der Waals surface area contributed by atoms with Gasteiger partial charge in [-0.3, -0.25) is 14.4 Å². The summed E-state index contributed by atoms with van der Waals surface area (Å²) in [7, 11) is 0. The molecule has 2 amide bonds. The Kier molecular flexibility index (Phi) is 8.16. The molecule has 2 aromatic rings. The number of halogens is 1. The smallest absolute Gasteiger partial charge is 0.316 e. The van der Waals surface area contributed by atoms with Crippen LogP contribution in [-0.2, 0) is 19.1 Å². The summed E-state index contributed by atoms with van der Waals surface area (Å²) in [6.07, 6.45) is 0. The van der Waals surface area contributed by atoms with Gasteiger partial charge in [-0.2, -0.15) is 0 Å². The van der Waals surface area contributed by atoms with Crippen molar-refractivity contribution in [1.29, 1.82) is 0 Å². The third-order valence-electron chi connectivity index (χ3n) is 3.25. The monoisotopic (exact) mass is 406 g/mol. The number of amides is 2. The van der Waals surface area contributed by atoms with Gasteiger partial charge in [0, 0.05) is 16.4 Å². The van der Waals surface area contributed by atoms with Crippen molar-refractivity contribution in [3.8, 4) is 0 Å². The van der Waals surface area contributed by atoms with Gasteiger partial charge >= 0.3 is 5.97 Å². The van der Waals surface area contributed by atoms with Gasteiger partial charge in [-0.25, -0.2) is 0 Å². The van der Waals surface area contributed by atoms with E-state index < -0.39 is 11.9 Å². The molecule has 0 atom stereocenters. The Morgan fingerprint density at radius 3 is 2.37 bits per heavy atom. The molecule has 27 heavy (non-hydrogen) atoms. The minimum Gasteiger partial charge on any atom is -0.455 e. The van der Waals surface area contributed by atoms with Crippen molar-refractivity contribution < 1.29 is 19.1 Å². The molecule has 2 rings (SSSR count). The first-order valence-corrected chi connectivity index (χ1v) is 9.61. The maximum absolute atomic E-state index is 11.8. The van der Waals surface area contributed by atoms with Crippen LogP contribution in [0.1, 0.15) is 5.56 Å². The largest absolute Gasteiger partial charge is 0.455 e. The lowest BCUT2D eigenvalue weighted by molar-refractivity contribution is -0.144. The number of thioether (sulfide) groups is 1. The number of nitrogens with one attached hydrogen (secondary N) is 2. The second-order valence-electron chi connectivity index (χ2n) is 5.63. The van der Waals surface area contributed by atoms with Gasteiger partial charge in [-0.15, -0.1) is 11.8 Å². The van der Waals surface area contributed by atoms with E-state index in [4.69, 9.17) is 16.3 Å². The minimum absolute atomic E-state index is 0.0221. The van der Waals surface area contributed by atoms with Gasteiger partial charge in [0.25, 0.3) is 5.91 Å². The Morgan fingerprint density at radius 2 is 1.67 bits per heavy atom. The van der Waals surface area contributed by atoms with E-state index in [0.29, 0.717) is 16.4 Å². The fraction of sp³-hybridized carbons (Fsp3) is 0.211. The lowest BCUT2D eigenvalue weighted by Gasteiger charge is -2.07. The molecule has 0 aliphatic heterocycles. The van der Waals surface area contributed by atoms with Crippen LogP contribution < -0.4 is 10.6 Å². The van der Waals surface area contributed by atoms with Crippen LogP contribution in [0.5, 0.6) is 0 Å². The number of rotatable bonds is 8. The molecule has 142 valence electrons. The van der Waals surface area contributed by atoms with Crippen LogP contribution in [0.15, 0.2) is 48.5 Å². The molecule has 0 spiro atoms. The maximum Gasteiger partial charge on any atom is 0.316 e. The quantitative estimate of drug-likeness (QED) is 0.655. The SMILES string of the molecule is Cc1cccc(NC(=O)COC(=O)CSCC(=O)Nc2ccc(Cl)cc2)c1. The number of carbonyl (C=O) groups is 3. The van der Waals surface area contributed by atoms with Gasteiger partial charge in [-0.1, -0.05) is 23.7 Å². The van der Waals surface area contributed by atoms with Crippen LogP contribution in [0, 0.1) is 6.92 Å². The van der Waals surface area contributed by atoms with Crippen LogP contribution in [0.2, 0.25) is 5.02 Å². The van der Waals surface area contributed by atoms with Crippen molar-refractivity contribution in [1.82, 2.24) is 0 Å². The van der Waals surface area contributed by atoms with Crippen molar-refractivity contribution >= 4 is 52.5 Å². The van der Waals surface area contributed by atoms with Gasteiger partial charge in [-0.05, 0) is 48.9 Å². The average Bonchev–Trinajstić information content (AvgIpc) is 2.62. The zero-order valence-corrected chi connectivity index (χ0v) is 16.2. The van der Waals surface area contributed by atoms with Gasteiger partial charge in [0.05, 0.1) is 11.5 Å². The highest BCUT2D eigenvalue weighted by molar-refractivity contribution is 8.00. The lowest BCUT2D eigenvalue weighted by atomic mass is 10.2. The first-order chi connectivity index (χ1) is 12.9. The topological polar surface area (TPSA) is 84.5 Å². The highest BCUT2D eigenvalue weighted by atomic mass is 35.5. The molecular formula is C19H19ClN2O4S. The molecule has 0 heterocycles. The normalized spacial score (nSPS) is 10.1. The molecule has 0 aliphatic carbocycles. The zero-order chi connectivity index (χ0) is 19.6. The number of aryl methyl sites for hydroxylation is 1. The van der Waals surface area contributed by atoms with Crippen LogP contribution in [0.25, 0.3) is 0 Å². The van der Waals surface area contributed by atoms with E-state index in [0.717, 1.165) is 17.3 Å². The number of hydrogen-bond donors (Lipinski definition) is 2. The molecular weight excluding hydrogens is 388 g/mol. The third kappa shape index (κ3) is 8.15. The summed E-state index contributed by atoms with van der Waals surface area (Å²) in [5, 5.41) is 5.92. The molecule has 6 nitrogen and oxygen atoms in total. The predicted molar refractivity (Wildman–Crippen MR) is 108 cm³/mol. The van der Waals surface area contributed by atoms with Crippen molar-refractivity contribution in [2.45, 2.75) is 6.92 Å². The van der Waals surface area contributed by atoms with Gasteiger partial charge in [0.15, 0.2) is 6.61 Å². The van der Waals surface area contributed by atoms with E-state index in [1.54, 1.807) is 30.3 Å². The Balaban J connectivity index is 1.62. The molecule has 8 heteroatoms. The molecule has 2 aromatic carbocycles. The molecule has 0 unspecified atom stereocenters. The van der Waals surface area contributed by atoms with Crippen LogP contribution in [0.4, 0.5) is 11.4 Å². The number of ether oxygens (including phenoxy) is 1. The predicted octanol–water partition coefficient (Wildman–Crippen LogP) is 3.50. The molecule has 0 fully saturated rings. The summed E-state index contributed by atoms with van der Waals surface area (Å²) < 4.78 is 4.90. The van der Waals surface area contributed by atoms with E-state index in [1.807, 2.05) is 25.1 Å². The van der Waals surface area contributed by atoms with E-state index in [9.17, 15) is 14.4 Å². The Labute approximate surface area is 166 Å². The molecule has 0 radical (unpaired) electrons. The number of carbonyl (C=O) groups excluding carboxylic acids is 3. The van der Waals surface area contributed by atoms with Crippen LogP contribution in [-0.4, -0.2) is 35.9 Å². The fourth-order valence-corrected chi connectivity index (χ4v) is 2.80. The highest BCUT2D eigenvalue weighted by Crippen LogP contribution is 2.14. The number of benzene rings is 2. The van der Waals surface area contributed by atoms with Gasteiger partial charge < -0.3 is 15.4 Å². The molecule has 0 aromatic heterocycles. The Hall–Kier alpha value is -2.51. The average molecular weight is 407 g/mol. The van der Waals surface area contributed by atoms with Crippen molar-refractivity contribution in [3.05, 3.63) is 59.1 Å². The molecule has 0 aliphatic rings. The molecule has 0 saturated carbocycles. The number of anilines is 2. The summed E-state index contributed by atoms with van der Waals surface area (Å²) in [4.78, 5) is 35.2. The van der Waals surface area contributed by atoms with Gasteiger partial charge in [0.2, 0.25) is 5.91 Å². The summed E-state index contributed by atoms with van der Waals surface area (Å²) in [6, 6.07) is 14.0. The van der Waals surface area contributed by atoms with Crippen LogP contribution >= 0.6 is 23.4 Å². The van der Waals surface area contributed by atoms with Crippen molar-refractivity contribution in [2.75, 3.05) is 28.7 Å². The van der Waals surface area contributed by atoms with E-state index in [2.05, 4.69) is 10.6 Å². The summed E-state index contributed by atoms with van der Waals surface area (Å²) in [5.41, 5.74) is 2.28. The summed E-state index contributed by atoms with van der Waals surface area (Å²) in [5.74, 6) is -1.15. The van der Waals surface area contributed by atoms with Crippen molar-refractivity contribution in [3.63, 3.8) is 0 Å². The van der Waals surface area contributed by atoms with E-state index >= 15 is 0 Å². The lowest BCUT2D eigenvalue weighted by Crippen LogP contribution is -2.22. The van der Waals surface area contributed by atoms with E-state index in [-0.39, 0.29) is 24.0 Å². The molecule has 0 bridgehead atoms. The van der Waals surface area contributed by atoms with Crippen LogP contribution in [0.3, 0.4) is 0 Å². The second kappa shape index (κ2) is 10.6. The van der Waals surface area contributed by atoms with E-state index in [1.165, 1.54) is 0 Å². The first kappa shape index (κ1) is 20.8. The maximum atomic E-state index is 11.8. The van der Waals surface area contributed by atoms with Gasteiger partial charge in [0.1, 0.15) is 0 Å².